The highest BCUT2D eigenvalue weighted by Gasteiger charge is 2.28. The second-order valence-corrected chi connectivity index (χ2v) is 10.0. The van der Waals surface area contributed by atoms with E-state index in [0.29, 0.717) is 22.7 Å². The summed E-state index contributed by atoms with van der Waals surface area (Å²) in [5.74, 6) is -0.264. The molecule has 1 aliphatic carbocycles. The summed E-state index contributed by atoms with van der Waals surface area (Å²) in [6, 6.07) is 12.1. The van der Waals surface area contributed by atoms with Crippen LogP contribution in [-0.4, -0.2) is 24.6 Å². The number of anilines is 2. The summed E-state index contributed by atoms with van der Waals surface area (Å²) in [7, 11) is 0. The van der Waals surface area contributed by atoms with E-state index < -0.39 is 5.97 Å². The Morgan fingerprint density at radius 3 is 2.34 bits per heavy atom. The molecule has 0 amide bonds. The second kappa shape index (κ2) is 15.8. The molecule has 0 radical (unpaired) electrons. The van der Waals surface area contributed by atoms with Gasteiger partial charge in [-0.05, 0) is 68.0 Å². The highest BCUT2D eigenvalue weighted by atomic mass is 16.5. The molecule has 0 aliphatic heterocycles. The number of hydrogen-bond acceptors (Lipinski definition) is 7. The van der Waals surface area contributed by atoms with Gasteiger partial charge in [0.25, 0.3) is 0 Å². The van der Waals surface area contributed by atoms with E-state index in [1.54, 1.807) is 48.5 Å². The number of nitrogen functional groups attached to an aromatic ring is 2. The quantitative estimate of drug-likeness (QED) is 0.0963. The van der Waals surface area contributed by atoms with Crippen LogP contribution in [0.3, 0.4) is 0 Å². The van der Waals surface area contributed by atoms with Crippen LogP contribution in [0.1, 0.15) is 82.3 Å². The third kappa shape index (κ3) is 10.2. The molecule has 2 aromatic carbocycles. The van der Waals surface area contributed by atoms with Crippen molar-refractivity contribution < 1.29 is 23.8 Å². The number of unbranched alkanes of at least 4 members (excludes halogenated alkanes) is 5. The van der Waals surface area contributed by atoms with Crippen molar-refractivity contribution in [3.05, 3.63) is 59.7 Å². The van der Waals surface area contributed by atoms with Crippen LogP contribution in [-0.2, 0) is 25.7 Å². The van der Waals surface area contributed by atoms with Gasteiger partial charge in [0.15, 0.2) is 0 Å². The first-order valence-electron chi connectivity index (χ1n) is 13.9. The van der Waals surface area contributed by atoms with Crippen LogP contribution in [0.4, 0.5) is 11.4 Å². The Morgan fingerprint density at radius 2 is 1.63 bits per heavy atom. The molecule has 0 bridgehead atoms. The molecular weight excluding hydrogens is 480 g/mol. The van der Waals surface area contributed by atoms with Crippen LogP contribution in [0, 0.1) is 5.92 Å². The monoisotopic (exact) mass is 522 g/mol. The molecule has 2 aromatic rings. The van der Waals surface area contributed by atoms with Gasteiger partial charge in [0.2, 0.25) is 0 Å². The van der Waals surface area contributed by atoms with E-state index in [-0.39, 0.29) is 24.6 Å². The zero-order valence-corrected chi connectivity index (χ0v) is 22.5. The molecule has 0 aromatic heterocycles. The third-order valence-corrected chi connectivity index (χ3v) is 6.91. The fraction of sp³-hybridized carbons (Fsp3) is 0.484. The maximum absolute atomic E-state index is 12.6. The predicted molar refractivity (Wildman–Crippen MR) is 151 cm³/mol. The number of benzene rings is 2. The number of ether oxygens (including phenoxy) is 3. The molecule has 0 spiro atoms. The van der Waals surface area contributed by atoms with Crippen LogP contribution >= 0.6 is 0 Å². The molecule has 38 heavy (non-hydrogen) atoms. The van der Waals surface area contributed by atoms with E-state index in [0.717, 1.165) is 44.3 Å². The highest BCUT2D eigenvalue weighted by Crippen LogP contribution is 2.28. The maximum atomic E-state index is 12.6. The van der Waals surface area contributed by atoms with Gasteiger partial charge in [0.05, 0.1) is 12.0 Å². The number of esters is 2. The molecule has 0 unspecified atom stereocenters. The van der Waals surface area contributed by atoms with Crippen molar-refractivity contribution in [1.29, 1.82) is 0 Å². The molecule has 0 atom stereocenters. The lowest BCUT2D eigenvalue weighted by Crippen LogP contribution is -2.29. The first kappa shape index (κ1) is 29.2. The Morgan fingerprint density at radius 1 is 0.921 bits per heavy atom. The summed E-state index contributed by atoms with van der Waals surface area (Å²) in [5, 5.41) is 0. The van der Waals surface area contributed by atoms with E-state index in [1.807, 2.05) is 0 Å². The van der Waals surface area contributed by atoms with Gasteiger partial charge in [-0.15, -0.1) is 0 Å². The maximum Gasteiger partial charge on any atom is 0.331 e. The van der Waals surface area contributed by atoms with Gasteiger partial charge in [0, 0.05) is 29.6 Å². The van der Waals surface area contributed by atoms with E-state index >= 15 is 0 Å². The third-order valence-electron chi connectivity index (χ3n) is 6.91. The minimum Gasteiger partial charge on any atom is -0.458 e. The number of rotatable bonds is 14. The lowest BCUT2D eigenvalue weighted by molar-refractivity contribution is -0.141. The average molecular weight is 523 g/mol. The molecular formula is C31H42N2O5. The van der Waals surface area contributed by atoms with Gasteiger partial charge in [0.1, 0.15) is 12.4 Å². The Hall–Kier alpha value is -3.32. The fourth-order valence-electron chi connectivity index (χ4n) is 4.55. The fourth-order valence-corrected chi connectivity index (χ4v) is 4.55. The van der Waals surface area contributed by atoms with Crippen LogP contribution in [0.15, 0.2) is 48.5 Å². The van der Waals surface area contributed by atoms with Crippen LogP contribution in [0.2, 0.25) is 0 Å². The van der Waals surface area contributed by atoms with Crippen molar-refractivity contribution >= 4 is 29.4 Å². The molecule has 0 saturated heterocycles. The van der Waals surface area contributed by atoms with Crippen LogP contribution in [0.5, 0.6) is 5.75 Å². The Bertz CT molecular complexity index is 1040. The summed E-state index contributed by atoms with van der Waals surface area (Å²) >= 11 is 0. The summed E-state index contributed by atoms with van der Waals surface area (Å²) in [6.07, 6.45) is 14.2. The van der Waals surface area contributed by atoms with Gasteiger partial charge >= 0.3 is 11.9 Å². The van der Waals surface area contributed by atoms with Gasteiger partial charge in [-0.25, -0.2) is 4.79 Å². The van der Waals surface area contributed by atoms with E-state index in [9.17, 15) is 9.59 Å². The van der Waals surface area contributed by atoms with Gasteiger partial charge < -0.3 is 25.7 Å². The Labute approximate surface area is 226 Å². The molecule has 3 rings (SSSR count). The smallest absolute Gasteiger partial charge is 0.331 e. The lowest BCUT2D eigenvalue weighted by Gasteiger charge is -2.27. The molecule has 7 heteroatoms. The highest BCUT2D eigenvalue weighted by molar-refractivity contribution is 5.87. The molecule has 206 valence electrons. The SMILES string of the molecule is CCCCCCCCOC1CCC(C(=O)Oc2ccc(/C=C/C(=O)OCc3ccc(N)cc3N)cc2)CC1. The molecule has 1 fully saturated rings. The number of hydrogen-bond donors (Lipinski definition) is 2. The van der Waals surface area contributed by atoms with Gasteiger partial charge in [-0.2, -0.15) is 0 Å². The zero-order valence-electron chi connectivity index (χ0n) is 22.5. The molecule has 4 N–H and O–H groups in total. The number of carbonyl (C=O) groups is 2. The van der Waals surface area contributed by atoms with Crippen molar-refractivity contribution in [3.63, 3.8) is 0 Å². The van der Waals surface area contributed by atoms with Crippen molar-refractivity contribution in [2.24, 2.45) is 5.92 Å². The minimum atomic E-state index is -0.483. The molecule has 1 saturated carbocycles. The minimum absolute atomic E-state index is 0.0668. The summed E-state index contributed by atoms with van der Waals surface area (Å²) < 4.78 is 16.9. The van der Waals surface area contributed by atoms with E-state index in [4.69, 9.17) is 25.7 Å². The average Bonchev–Trinajstić information content (AvgIpc) is 2.92. The summed E-state index contributed by atoms with van der Waals surface area (Å²) in [4.78, 5) is 24.7. The predicted octanol–water partition coefficient (Wildman–Crippen LogP) is 6.45. The lowest BCUT2D eigenvalue weighted by atomic mass is 9.87. The van der Waals surface area contributed by atoms with Crippen LogP contribution in [0.25, 0.3) is 6.08 Å². The van der Waals surface area contributed by atoms with E-state index in [1.165, 1.54) is 38.2 Å². The normalized spacial score (nSPS) is 17.4. The van der Waals surface area contributed by atoms with Crippen molar-refractivity contribution in [2.45, 2.75) is 83.8 Å². The van der Waals surface area contributed by atoms with Gasteiger partial charge in [-0.3, -0.25) is 4.79 Å². The summed E-state index contributed by atoms with van der Waals surface area (Å²) in [6.45, 7) is 3.12. The zero-order chi connectivity index (χ0) is 27.2. The van der Waals surface area contributed by atoms with E-state index in [2.05, 4.69) is 6.92 Å². The van der Waals surface area contributed by atoms with Crippen molar-refractivity contribution in [1.82, 2.24) is 0 Å². The standard InChI is InChI=1S/C31H42N2O5/c1-2-3-4-5-6-7-20-36-27-17-12-24(13-18-27)31(35)38-28-15-8-23(9-16-28)10-19-30(34)37-22-25-11-14-26(32)21-29(25)33/h8-11,14-16,19,21,24,27H,2-7,12-13,17-18,20,22,32-33H2,1H3/b19-10+. The Kier molecular flexibility index (Phi) is 12.2. The number of carbonyl (C=O) groups excluding carboxylic acids is 2. The number of nitrogens with two attached hydrogens (primary N) is 2. The largest absolute Gasteiger partial charge is 0.458 e. The first-order chi connectivity index (χ1) is 18.4. The molecule has 0 heterocycles. The Balaban J connectivity index is 1.33. The molecule has 7 nitrogen and oxygen atoms in total. The second-order valence-electron chi connectivity index (χ2n) is 10.0. The van der Waals surface area contributed by atoms with Crippen molar-refractivity contribution in [3.8, 4) is 5.75 Å². The summed E-state index contributed by atoms with van der Waals surface area (Å²) in [5.41, 5.74) is 14.1. The van der Waals surface area contributed by atoms with Crippen molar-refractivity contribution in [2.75, 3.05) is 18.1 Å². The van der Waals surface area contributed by atoms with Crippen LogP contribution < -0.4 is 16.2 Å². The topological polar surface area (TPSA) is 114 Å². The molecule has 1 aliphatic rings. The van der Waals surface area contributed by atoms with Gasteiger partial charge in [-0.1, -0.05) is 57.2 Å². The first-order valence-corrected chi connectivity index (χ1v) is 13.9.